The molecule has 0 bridgehead atoms. The van der Waals surface area contributed by atoms with Gasteiger partial charge in [0.2, 0.25) is 5.91 Å². The van der Waals surface area contributed by atoms with Crippen molar-refractivity contribution in [1.82, 2.24) is 15.2 Å². The van der Waals surface area contributed by atoms with Crippen LogP contribution in [0.2, 0.25) is 0 Å². The van der Waals surface area contributed by atoms with Crippen molar-refractivity contribution < 1.29 is 9.59 Å². The van der Waals surface area contributed by atoms with Crippen molar-refractivity contribution in [3.8, 4) is 0 Å². The number of hydrogen-bond donors (Lipinski definition) is 1. The molecule has 0 unspecified atom stereocenters. The average Bonchev–Trinajstić information content (AvgIpc) is 2.91. The minimum atomic E-state index is -0.556. The van der Waals surface area contributed by atoms with Gasteiger partial charge in [-0.1, -0.05) is 38.1 Å². The third kappa shape index (κ3) is 3.71. The van der Waals surface area contributed by atoms with E-state index in [-0.39, 0.29) is 11.8 Å². The van der Waals surface area contributed by atoms with Gasteiger partial charge in [-0.05, 0) is 35.6 Å². The first-order valence-electron chi connectivity index (χ1n) is 8.64. The van der Waals surface area contributed by atoms with E-state index in [1.807, 2.05) is 30.3 Å². The van der Waals surface area contributed by atoms with Gasteiger partial charge >= 0.3 is 0 Å². The minimum absolute atomic E-state index is 0.0576. The Hall–Kier alpha value is -2.69. The van der Waals surface area contributed by atoms with Crippen LogP contribution in [0.4, 0.5) is 0 Å². The molecule has 2 heterocycles. The van der Waals surface area contributed by atoms with Gasteiger partial charge in [0.1, 0.15) is 6.04 Å². The SMILES string of the molecule is CC(C)CCN1C(=O)c2ccccc2[C@H]1C(=O)NCc1cccnc1. The summed E-state index contributed by atoms with van der Waals surface area (Å²) < 4.78 is 0. The maximum Gasteiger partial charge on any atom is 0.255 e. The number of nitrogens with zero attached hydrogens (tertiary/aromatic N) is 2. The molecule has 0 fully saturated rings. The molecule has 130 valence electrons. The van der Waals surface area contributed by atoms with Gasteiger partial charge in [0.05, 0.1) is 0 Å². The standard InChI is InChI=1S/C20H23N3O2/c1-14(2)9-11-23-18(16-7-3-4-8-17(16)20(23)25)19(24)22-13-15-6-5-10-21-12-15/h3-8,10,12,14,18H,9,11,13H2,1-2H3,(H,22,24)/t18-/m0/s1. The highest BCUT2D eigenvalue weighted by Crippen LogP contribution is 2.34. The molecule has 1 aromatic heterocycles. The fourth-order valence-corrected chi connectivity index (χ4v) is 3.07. The minimum Gasteiger partial charge on any atom is -0.350 e. The van der Waals surface area contributed by atoms with Gasteiger partial charge in [-0.2, -0.15) is 0 Å². The van der Waals surface area contributed by atoms with Crippen LogP contribution < -0.4 is 5.32 Å². The molecule has 0 radical (unpaired) electrons. The van der Waals surface area contributed by atoms with Gasteiger partial charge in [-0.15, -0.1) is 0 Å². The van der Waals surface area contributed by atoms with Crippen LogP contribution >= 0.6 is 0 Å². The van der Waals surface area contributed by atoms with Crippen molar-refractivity contribution in [2.24, 2.45) is 5.92 Å². The number of benzene rings is 1. The van der Waals surface area contributed by atoms with Crippen molar-refractivity contribution >= 4 is 11.8 Å². The van der Waals surface area contributed by atoms with E-state index < -0.39 is 6.04 Å². The smallest absolute Gasteiger partial charge is 0.255 e. The van der Waals surface area contributed by atoms with Gasteiger partial charge in [0, 0.05) is 31.0 Å². The van der Waals surface area contributed by atoms with E-state index in [4.69, 9.17) is 0 Å². The summed E-state index contributed by atoms with van der Waals surface area (Å²) in [7, 11) is 0. The molecule has 0 spiro atoms. The Morgan fingerprint density at radius 3 is 2.76 bits per heavy atom. The van der Waals surface area contributed by atoms with E-state index in [1.54, 1.807) is 23.4 Å². The Labute approximate surface area is 148 Å². The lowest BCUT2D eigenvalue weighted by Gasteiger charge is -2.25. The molecule has 2 amide bonds. The second-order valence-electron chi connectivity index (χ2n) is 6.75. The summed E-state index contributed by atoms with van der Waals surface area (Å²) >= 11 is 0. The van der Waals surface area contributed by atoms with E-state index in [0.717, 1.165) is 17.5 Å². The van der Waals surface area contributed by atoms with E-state index in [9.17, 15) is 9.59 Å². The average molecular weight is 337 g/mol. The number of aromatic nitrogens is 1. The van der Waals surface area contributed by atoms with Gasteiger partial charge in [0.25, 0.3) is 5.91 Å². The fourth-order valence-electron chi connectivity index (χ4n) is 3.07. The molecule has 0 saturated heterocycles. The lowest BCUT2D eigenvalue weighted by molar-refractivity contribution is -0.125. The summed E-state index contributed by atoms with van der Waals surface area (Å²) in [6, 6.07) is 10.6. The Kier molecular flexibility index (Phi) is 5.12. The van der Waals surface area contributed by atoms with Crippen LogP contribution in [-0.4, -0.2) is 28.2 Å². The molecule has 1 aromatic carbocycles. The van der Waals surface area contributed by atoms with Crippen LogP contribution in [0.5, 0.6) is 0 Å². The summed E-state index contributed by atoms with van der Waals surface area (Å²) in [6.45, 7) is 5.21. The van der Waals surface area contributed by atoms with Crippen molar-refractivity contribution in [3.05, 3.63) is 65.5 Å². The number of hydrogen-bond acceptors (Lipinski definition) is 3. The largest absolute Gasteiger partial charge is 0.350 e. The molecule has 25 heavy (non-hydrogen) atoms. The summed E-state index contributed by atoms with van der Waals surface area (Å²) in [5.74, 6) is 0.263. The van der Waals surface area contributed by atoms with Gasteiger partial charge in [-0.3, -0.25) is 14.6 Å². The monoisotopic (exact) mass is 337 g/mol. The number of fused-ring (bicyclic) bond motifs is 1. The summed E-state index contributed by atoms with van der Waals surface area (Å²) in [5, 5.41) is 2.95. The first kappa shape index (κ1) is 17.1. The molecule has 0 aliphatic carbocycles. The lowest BCUT2D eigenvalue weighted by atomic mass is 10.0. The molecule has 1 aliphatic rings. The molecule has 1 N–H and O–H groups in total. The van der Waals surface area contributed by atoms with E-state index >= 15 is 0 Å². The Morgan fingerprint density at radius 2 is 2.04 bits per heavy atom. The number of carbonyl (C=O) groups excluding carboxylic acids is 2. The molecular weight excluding hydrogens is 314 g/mol. The second-order valence-corrected chi connectivity index (χ2v) is 6.75. The fraction of sp³-hybridized carbons (Fsp3) is 0.350. The number of pyridine rings is 1. The number of rotatable bonds is 6. The first-order valence-corrected chi connectivity index (χ1v) is 8.64. The maximum absolute atomic E-state index is 12.9. The quantitative estimate of drug-likeness (QED) is 0.881. The van der Waals surface area contributed by atoms with E-state index in [1.165, 1.54) is 0 Å². The molecule has 1 aliphatic heterocycles. The summed E-state index contributed by atoms with van der Waals surface area (Å²) in [6.07, 6.45) is 4.29. The van der Waals surface area contributed by atoms with Crippen LogP contribution in [0, 0.1) is 5.92 Å². The zero-order chi connectivity index (χ0) is 17.8. The third-order valence-corrected chi connectivity index (χ3v) is 4.44. The van der Waals surface area contributed by atoms with Crippen LogP contribution in [0.15, 0.2) is 48.8 Å². The predicted molar refractivity (Wildman–Crippen MR) is 95.8 cm³/mol. The van der Waals surface area contributed by atoms with Crippen molar-refractivity contribution in [1.29, 1.82) is 0 Å². The Morgan fingerprint density at radius 1 is 1.24 bits per heavy atom. The van der Waals surface area contributed by atoms with Crippen molar-refractivity contribution in [3.63, 3.8) is 0 Å². The molecule has 1 atom stereocenters. The molecule has 5 nitrogen and oxygen atoms in total. The molecule has 3 rings (SSSR count). The highest BCUT2D eigenvalue weighted by molar-refractivity contribution is 6.04. The van der Waals surface area contributed by atoms with E-state index in [2.05, 4.69) is 24.1 Å². The van der Waals surface area contributed by atoms with Crippen LogP contribution in [0.25, 0.3) is 0 Å². The zero-order valence-electron chi connectivity index (χ0n) is 14.6. The summed E-state index contributed by atoms with van der Waals surface area (Å²) in [5.41, 5.74) is 2.36. The maximum atomic E-state index is 12.9. The zero-order valence-corrected chi connectivity index (χ0v) is 14.6. The third-order valence-electron chi connectivity index (χ3n) is 4.44. The lowest BCUT2D eigenvalue weighted by Crippen LogP contribution is -2.39. The predicted octanol–water partition coefficient (Wildman–Crippen LogP) is 2.94. The Bertz CT molecular complexity index is 759. The number of amides is 2. The number of nitrogens with one attached hydrogen (secondary N) is 1. The van der Waals surface area contributed by atoms with Gasteiger partial charge < -0.3 is 10.2 Å². The van der Waals surface area contributed by atoms with E-state index in [0.29, 0.717) is 24.6 Å². The van der Waals surface area contributed by atoms with Gasteiger partial charge in [0.15, 0.2) is 0 Å². The van der Waals surface area contributed by atoms with Crippen molar-refractivity contribution in [2.45, 2.75) is 32.9 Å². The van der Waals surface area contributed by atoms with Crippen LogP contribution in [0.3, 0.4) is 0 Å². The number of carbonyl (C=O) groups is 2. The second kappa shape index (κ2) is 7.47. The molecule has 2 aromatic rings. The highest BCUT2D eigenvalue weighted by atomic mass is 16.2. The Balaban J connectivity index is 1.79. The van der Waals surface area contributed by atoms with Crippen LogP contribution in [0.1, 0.15) is 47.8 Å². The first-order chi connectivity index (χ1) is 12.1. The normalized spacial score (nSPS) is 16.2. The molecule has 5 heteroatoms. The highest BCUT2D eigenvalue weighted by Gasteiger charge is 2.40. The van der Waals surface area contributed by atoms with Crippen LogP contribution in [-0.2, 0) is 11.3 Å². The topological polar surface area (TPSA) is 62.3 Å². The van der Waals surface area contributed by atoms with Crippen molar-refractivity contribution in [2.75, 3.05) is 6.54 Å². The summed E-state index contributed by atoms with van der Waals surface area (Å²) in [4.78, 5) is 31.3. The van der Waals surface area contributed by atoms with Gasteiger partial charge in [-0.25, -0.2) is 0 Å². The molecular formula is C20H23N3O2. The molecule has 0 saturated carbocycles.